The summed E-state index contributed by atoms with van der Waals surface area (Å²) in [7, 11) is 1.87. The van der Waals surface area contributed by atoms with Crippen molar-refractivity contribution < 1.29 is 9.53 Å². The third-order valence-corrected chi connectivity index (χ3v) is 7.55. The maximum absolute atomic E-state index is 12.2. The second-order valence-electron chi connectivity index (χ2n) is 8.61. The monoisotopic (exact) mass is 392 g/mol. The van der Waals surface area contributed by atoms with Crippen LogP contribution in [0.25, 0.3) is 0 Å². The SMILES string of the molecule is CCCCc1ccc(CN2CC[C@]3(OC)CC[C@@H](NC(=O)C(C)C)C[C@H]23)s1. The molecular formula is C22H36N2O2S. The first-order chi connectivity index (χ1) is 13.0. The van der Waals surface area contributed by atoms with Gasteiger partial charge in [0.05, 0.1) is 5.60 Å². The quantitative estimate of drug-likeness (QED) is 0.714. The summed E-state index contributed by atoms with van der Waals surface area (Å²) in [5.41, 5.74) is -0.0264. The first-order valence-corrected chi connectivity index (χ1v) is 11.5. The zero-order valence-electron chi connectivity index (χ0n) is 17.4. The van der Waals surface area contributed by atoms with E-state index in [1.165, 1.54) is 29.0 Å². The average Bonchev–Trinajstić information content (AvgIpc) is 3.25. The molecule has 1 aliphatic carbocycles. The van der Waals surface area contributed by atoms with Gasteiger partial charge in [0.15, 0.2) is 0 Å². The number of hydrogen-bond acceptors (Lipinski definition) is 4. The minimum absolute atomic E-state index is 0.0264. The number of carbonyl (C=O) groups excluding carboxylic acids is 1. The number of fused-ring (bicyclic) bond motifs is 1. The van der Waals surface area contributed by atoms with E-state index in [-0.39, 0.29) is 23.5 Å². The normalized spacial score (nSPS) is 28.5. The molecule has 1 amide bonds. The van der Waals surface area contributed by atoms with Crippen LogP contribution < -0.4 is 5.32 Å². The standard InChI is InChI=1S/C22H36N2O2S/c1-5-6-7-18-8-9-19(27-18)15-24-13-12-22(26-4)11-10-17(14-20(22)24)23-21(25)16(2)3/h8-9,16-17,20H,5-7,10-15H2,1-4H3,(H,23,25)/t17-,20+,22-/m1/s1. The first kappa shape index (κ1) is 20.8. The number of methoxy groups -OCH3 is 1. The van der Waals surface area contributed by atoms with Crippen molar-refractivity contribution >= 4 is 17.2 Å². The van der Waals surface area contributed by atoms with Gasteiger partial charge >= 0.3 is 0 Å². The highest BCUT2D eigenvalue weighted by atomic mass is 32.1. The molecule has 5 heteroatoms. The molecule has 1 saturated carbocycles. The number of hydrogen-bond donors (Lipinski definition) is 1. The summed E-state index contributed by atoms with van der Waals surface area (Å²) < 4.78 is 6.08. The molecular weight excluding hydrogens is 356 g/mol. The van der Waals surface area contributed by atoms with Gasteiger partial charge in [0.2, 0.25) is 5.91 Å². The van der Waals surface area contributed by atoms with Crippen molar-refractivity contribution in [2.24, 2.45) is 5.92 Å². The van der Waals surface area contributed by atoms with E-state index in [4.69, 9.17) is 4.74 Å². The van der Waals surface area contributed by atoms with Crippen molar-refractivity contribution in [1.82, 2.24) is 10.2 Å². The van der Waals surface area contributed by atoms with Gasteiger partial charge < -0.3 is 10.1 Å². The Morgan fingerprint density at radius 2 is 2.15 bits per heavy atom. The molecule has 2 heterocycles. The zero-order chi connectivity index (χ0) is 19.4. The minimum Gasteiger partial charge on any atom is -0.377 e. The lowest BCUT2D eigenvalue weighted by Crippen LogP contribution is -2.54. The molecule has 0 spiro atoms. The van der Waals surface area contributed by atoms with E-state index in [2.05, 4.69) is 29.3 Å². The molecule has 2 fully saturated rings. The number of aryl methyl sites for hydroxylation is 1. The van der Waals surface area contributed by atoms with Crippen molar-refractivity contribution in [2.45, 2.75) is 89.9 Å². The highest BCUT2D eigenvalue weighted by molar-refractivity contribution is 7.11. The van der Waals surface area contributed by atoms with Gasteiger partial charge in [0.1, 0.15) is 0 Å². The van der Waals surface area contributed by atoms with Gasteiger partial charge in [0, 0.05) is 48.0 Å². The first-order valence-electron chi connectivity index (χ1n) is 10.6. The van der Waals surface area contributed by atoms with Gasteiger partial charge in [-0.15, -0.1) is 11.3 Å². The van der Waals surface area contributed by atoms with Gasteiger partial charge in [-0.3, -0.25) is 9.69 Å². The second kappa shape index (κ2) is 9.06. The van der Waals surface area contributed by atoms with Crippen LogP contribution in [0.2, 0.25) is 0 Å². The Labute approximate surface area is 168 Å². The predicted molar refractivity (Wildman–Crippen MR) is 112 cm³/mol. The fourth-order valence-electron chi connectivity index (χ4n) is 4.67. The topological polar surface area (TPSA) is 41.6 Å². The Morgan fingerprint density at radius 1 is 1.37 bits per heavy atom. The second-order valence-corrected chi connectivity index (χ2v) is 9.86. The molecule has 1 aliphatic heterocycles. The van der Waals surface area contributed by atoms with Crippen molar-refractivity contribution in [2.75, 3.05) is 13.7 Å². The average molecular weight is 393 g/mol. The molecule has 1 aromatic rings. The van der Waals surface area contributed by atoms with Crippen molar-refractivity contribution in [3.63, 3.8) is 0 Å². The maximum atomic E-state index is 12.2. The number of carbonyl (C=O) groups is 1. The van der Waals surface area contributed by atoms with E-state index < -0.39 is 0 Å². The third kappa shape index (κ3) is 4.75. The third-order valence-electron chi connectivity index (χ3n) is 6.42. The number of thiophene rings is 1. The number of rotatable bonds is 8. The summed E-state index contributed by atoms with van der Waals surface area (Å²) in [5, 5.41) is 3.27. The largest absolute Gasteiger partial charge is 0.377 e. The van der Waals surface area contributed by atoms with Gasteiger partial charge in [-0.05, 0) is 50.7 Å². The van der Waals surface area contributed by atoms with Crippen LogP contribution in [0.1, 0.15) is 69.1 Å². The van der Waals surface area contributed by atoms with Gasteiger partial charge in [-0.2, -0.15) is 0 Å². The Morgan fingerprint density at radius 3 is 2.85 bits per heavy atom. The molecule has 0 bridgehead atoms. The summed E-state index contributed by atoms with van der Waals surface area (Å²) in [6.45, 7) is 8.28. The molecule has 0 aromatic carbocycles. The molecule has 4 nitrogen and oxygen atoms in total. The molecule has 1 aromatic heterocycles. The Bertz CT molecular complexity index is 630. The van der Waals surface area contributed by atoms with Crippen molar-refractivity contribution in [1.29, 1.82) is 0 Å². The molecule has 152 valence electrons. The van der Waals surface area contributed by atoms with Crippen LogP contribution in [0.4, 0.5) is 0 Å². The van der Waals surface area contributed by atoms with Crippen molar-refractivity contribution in [3.05, 3.63) is 21.9 Å². The predicted octanol–water partition coefficient (Wildman–Crippen LogP) is 4.37. The Hall–Kier alpha value is -0.910. The van der Waals surface area contributed by atoms with Crippen LogP contribution >= 0.6 is 11.3 Å². The zero-order valence-corrected chi connectivity index (χ0v) is 18.2. The van der Waals surface area contributed by atoms with Crippen LogP contribution in [0.3, 0.4) is 0 Å². The van der Waals surface area contributed by atoms with Gasteiger partial charge in [-0.25, -0.2) is 0 Å². The summed E-state index contributed by atoms with van der Waals surface area (Å²) in [6.07, 6.45) is 7.90. The molecule has 1 saturated heterocycles. The lowest BCUT2D eigenvalue weighted by atomic mass is 9.78. The number of unbranched alkanes of at least 4 members (excludes halogenated alkanes) is 1. The molecule has 27 heavy (non-hydrogen) atoms. The van der Waals surface area contributed by atoms with E-state index in [0.717, 1.165) is 38.8 Å². The van der Waals surface area contributed by atoms with Crippen LogP contribution in [-0.4, -0.2) is 42.1 Å². The number of nitrogens with one attached hydrogen (secondary N) is 1. The summed E-state index contributed by atoms with van der Waals surface area (Å²) >= 11 is 1.97. The molecule has 0 radical (unpaired) electrons. The summed E-state index contributed by atoms with van der Waals surface area (Å²) in [6, 6.07) is 5.29. The molecule has 3 atom stereocenters. The Kier molecular flexibility index (Phi) is 6.98. The van der Waals surface area contributed by atoms with E-state index in [1.807, 2.05) is 32.3 Å². The fourth-order valence-corrected chi connectivity index (χ4v) is 5.76. The number of ether oxygens (including phenoxy) is 1. The van der Waals surface area contributed by atoms with Crippen LogP contribution in [0.15, 0.2) is 12.1 Å². The number of nitrogens with zero attached hydrogens (tertiary/aromatic N) is 1. The fraction of sp³-hybridized carbons (Fsp3) is 0.773. The number of likely N-dealkylation sites (tertiary alicyclic amines) is 1. The summed E-state index contributed by atoms with van der Waals surface area (Å²) in [5.74, 6) is 0.222. The lowest BCUT2D eigenvalue weighted by Gasteiger charge is -2.44. The number of amides is 1. The lowest BCUT2D eigenvalue weighted by molar-refractivity contribution is -0.126. The Balaban J connectivity index is 1.65. The van der Waals surface area contributed by atoms with E-state index in [9.17, 15) is 4.79 Å². The molecule has 2 aliphatic rings. The molecule has 1 N–H and O–H groups in total. The van der Waals surface area contributed by atoms with E-state index in [1.54, 1.807) is 0 Å². The van der Waals surface area contributed by atoms with Crippen LogP contribution in [-0.2, 0) is 22.5 Å². The van der Waals surface area contributed by atoms with Gasteiger partial charge in [-0.1, -0.05) is 27.2 Å². The van der Waals surface area contributed by atoms with E-state index >= 15 is 0 Å². The van der Waals surface area contributed by atoms with Crippen LogP contribution in [0.5, 0.6) is 0 Å². The molecule has 3 rings (SSSR count). The summed E-state index contributed by atoms with van der Waals surface area (Å²) in [4.78, 5) is 17.7. The van der Waals surface area contributed by atoms with Crippen LogP contribution in [0, 0.1) is 5.92 Å². The minimum atomic E-state index is -0.0264. The van der Waals surface area contributed by atoms with E-state index in [0.29, 0.717) is 6.04 Å². The van der Waals surface area contributed by atoms with Gasteiger partial charge in [0.25, 0.3) is 0 Å². The molecule has 0 unspecified atom stereocenters. The highest BCUT2D eigenvalue weighted by Gasteiger charge is 2.51. The highest BCUT2D eigenvalue weighted by Crippen LogP contribution is 2.43. The smallest absolute Gasteiger partial charge is 0.222 e. The van der Waals surface area contributed by atoms with Crippen molar-refractivity contribution in [3.8, 4) is 0 Å². The maximum Gasteiger partial charge on any atom is 0.222 e.